The predicted octanol–water partition coefficient (Wildman–Crippen LogP) is 1.79. The van der Waals surface area contributed by atoms with Crippen molar-refractivity contribution in [3.8, 4) is 0 Å². The van der Waals surface area contributed by atoms with Crippen LogP contribution >= 0.6 is 22.6 Å². The molecule has 4 N–H and O–H groups in total. The molecule has 0 bridgehead atoms. The van der Waals surface area contributed by atoms with Gasteiger partial charge in [-0.15, -0.1) is 0 Å². The SMILES string of the molecule is NC(Cc1ccc(NC(=O)CCCI)cc1)C(=O)O. The van der Waals surface area contributed by atoms with E-state index in [0.29, 0.717) is 12.1 Å². The number of carboxylic acid groups (broad SMARTS) is 1. The maximum absolute atomic E-state index is 11.5. The minimum absolute atomic E-state index is 0.00773. The van der Waals surface area contributed by atoms with Gasteiger partial charge in [-0.2, -0.15) is 0 Å². The third-order valence-electron chi connectivity index (χ3n) is 2.55. The van der Waals surface area contributed by atoms with Crippen LogP contribution < -0.4 is 11.1 Å². The molecule has 1 unspecified atom stereocenters. The molecule has 0 heterocycles. The van der Waals surface area contributed by atoms with Crippen LogP contribution in [0.5, 0.6) is 0 Å². The summed E-state index contributed by atoms with van der Waals surface area (Å²) >= 11 is 2.23. The number of hydrogen-bond donors (Lipinski definition) is 3. The number of carboxylic acids is 1. The fraction of sp³-hybridized carbons (Fsp3) is 0.385. The summed E-state index contributed by atoms with van der Waals surface area (Å²) in [6.07, 6.45) is 1.64. The number of nitrogens with one attached hydrogen (secondary N) is 1. The van der Waals surface area contributed by atoms with Gasteiger partial charge < -0.3 is 16.2 Å². The summed E-state index contributed by atoms with van der Waals surface area (Å²) in [5, 5.41) is 11.5. The van der Waals surface area contributed by atoms with Gasteiger partial charge in [-0.05, 0) is 30.5 Å². The van der Waals surface area contributed by atoms with Crippen molar-refractivity contribution < 1.29 is 14.7 Å². The number of aliphatic carboxylic acids is 1. The van der Waals surface area contributed by atoms with Gasteiger partial charge in [-0.25, -0.2) is 0 Å². The second-order valence-corrected chi connectivity index (χ2v) is 5.27. The molecule has 0 saturated carbocycles. The topological polar surface area (TPSA) is 92.4 Å². The van der Waals surface area contributed by atoms with Crippen molar-refractivity contribution >= 4 is 40.2 Å². The third-order valence-corrected chi connectivity index (χ3v) is 3.31. The van der Waals surface area contributed by atoms with Gasteiger partial charge in [0.2, 0.25) is 5.91 Å². The Bertz CT molecular complexity index is 434. The van der Waals surface area contributed by atoms with E-state index in [1.165, 1.54) is 0 Å². The van der Waals surface area contributed by atoms with E-state index >= 15 is 0 Å². The summed E-state index contributed by atoms with van der Waals surface area (Å²) < 4.78 is 0.956. The van der Waals surface area contributed by atoms with Gasteiger partial charge in [-0.3, -0.25) is 9.59 Å². The van der Waals surface area contributed by atoms with Crippen LogP contribution in [-0.2, 0) is 16.0 Å². The molecule has 1 rings (SSSR count). The first-order valence-electron chi connectivity index (χ1n) is 5.96. The molecule has 1 atom stereocenters. The molecule has 19 heavy (non-hydrogen) atoms. The summed E-state index contributed by atoms with van der Waals surface area (Å²) in [4.78, 5) is 22.1. The molecule has 1 aromatic rings. The molecule has 0 aliphatic rings. The molecule has 1 amide bonds. The monoisotopic (exact) mass is 376 g/mol. The van der Waals surface area contributed by atoms with E-state index in [1.54, 1.807) is 24.3 Å². The molecule has 0 spiro atoms. The van der Waals surface area contributed by atoms with Crippen LogP contribution in [0.2, 0.25) is 0 Å². The van der Waals surface area contributed by atoms with Crippen molar-refractivity contribution in [2.75, 3.05) is 9.74 Å². The highest BCUT2D eigenvalue weighted by atomic mass is 127. The summed E-state index contributed by atoms with van der Waals surface area (Å²) in [7, 11) is 0. The molecule has 0 aliphatic heterocycles. The van der Waals surface area contributed by atoms with Crippen LogP contribution in [0.3, 0.4) is 0 Å². The van der Waals surface area contributed by atoms with Crippen LogP contribution in [0.4, 0.5) is 5.69 Å². The predicted molar refractivity (Wildman–Crippen MR) is 82.5 cm³/mol. The largest absolute Gasteiger partial charge is 0.480 e. The third kappa shape index (κ3) is 6.02. The molecule has 1 aromatic carbocycles. The molecular weight excluding hydrogens is 359 g/mol. The van der Waals surface area contributed by atoms with Crippen molar-refractivity contribution in [2.45, 2.75) is 25.3 Å². The molecule has 6 heteroatoms. The lowest BCUT2D eigenvalue weighted by molar-refractivity contribution is -0.138. The summed E-state index contributed by atoms with van der Waals surface area (Å²) in [5.41, 5.74) is 7.00. The first-order chi connectivity index (χ1) is 9.02. The maximum atomic E-state index is 11.5. The Balaban J connectivity index is 2.52. The number of rotatable bonds is 7. The first-order valence-corrected chi connectivity index (χ1v) is 7.48. The van der Waals surface area contributed by atoms with E-state index in [9.17, 15) is 9.59 Å². The van der Waals surface area contributed by atoms with Gasteiger partial charge in [-0.1, -0.05) is 34.7 Å². The van der Waals surface area contributed by atoms with Crippen LogP contribution in [0, 0.1) is 0 Å². The first kappa shape index (κ1) is 15.9. The second kappa shape index (κ2) is 8.11. The zero-order chi connectivity index (χ0) is 14.3. The number of benzene rings is 1. The lowest BCUT2D eigenvalue weighted by Crippen LogP contribution is -2.32. The molecule has 0 fully saturated rings. The van der Waals surface area contributed by atoms with E-state index in [0.717, 1.165) is 16.4 Å². The zero-order valence-corrected chi connectivity index (χ0v) is 12.6. The summed E-state index contributed by atoms with van der Waals surface area (Å²) in [6.45, 7) is 0. The van der Waals surface area contributed by atoms with Crippen LogP contribution in [0.15, 0.2) is 24.3 Å². The second-order valence-electron chi connectivity index (χ2n) is 4.19. The standard InChI is InChI=1S/C13H17IN2O3/c14-7-1-2-12(17)16-10-5-3-9(4-6-10)8-11(15)13(18)19/h3-6,11H,1-2,7-8,15H2,(H,16,17)(H,18,19). The molecule has 0 aromatic heterocycles. The number of anilines is 1. The summed E-state index contributed by atoms with van der Waals surface area (Å²) in [5.74, 6) is -1.03. The lowest BCUT2D eigenvalue weighted by Gasteiger charge is -2.08. The average molecular weight is 376 g/mol. The highest BCUT2D eigenvalue weighted by Crippen LogP contribution is 2.11. The van der Waals surface area contributed by atoms with Gasteiger partial charge in [0.1, 0.15) is 6.04 Å². The number of carbonyl (C=O) groups is 2. The molecule has 0 radical (unpaired) electrons. The number of halogens is 1. The van der Waals surface area contributed by atoms with E-state index in [-0.39, 0.29) is 12.3 Å². The van der Waals surface area contributed by atoms with Crippen LogP contribution in [-0.4, -0.2) is 27.5 Å². The van der Waals surface area contributed by atoms with Crippen molar-refractivity contribution in [3.05, 3.63) is 29.8 Å². The number of alkyl halides is 1. The average Bonchev–Trinajstić information content (AvgIpc) is 2.38. The highest BCUT2D eigenvalue weighted by molar-refractivity contribution is 14.1. The smallest absolute Gasteiger partial charge is 0.320 e. The molecular formula is C13H17IN2O3. The number of nitrogens with two attached hydrogens (primary N) is 1. The minimum atomic E-state index is -1.02. The van der Waals surface area contributed by atoms with Crippen molar-refractivity contribution in [3.63, 3.8) is 0 Å². The number of carbonyl (C=O) groups excluding carboxylic acids is 1. The van der Waals surface area contributed by atoms with Gasteiger partial charge in [0.25, 0.3) is 0 Å². The fourth-order valence-corrected chi connectivity index (χ4v) is 1.90. The Kier molecular flexibility index (Phi) is 6.79. The summed E-state index contributed by atoms with van der Waals surface area (Å²) in [6, 6.07) is 6.16. The number of hydrogen-bond acceptors (Lipinski definition) is 3. The van der Waals surface area contributed by atoms with Crippen LogP contribution in [0.25, 0.3) is 0 Å². The Labute approximate surface area is 125 Å². The molecule has 0 saturated heterocycles. The highest BCUT2D eigenvalue weighted by Gasteiger charge is 2.11. The van der Waals surface area contributed by atoms with Crippen LogP contribution in [0.1, 0.15) is 18.4 Å². The Morgan fingerprint density at radius 3 is 2.47 bits per heavy atom. The Morgan fingerprint density at radius 2 is 1.95 bits per heavy atom. The normalized spacial score (nSPS) is 11.9. The van der Waals surface area contributed by atoms with Crippen molar-refractivity contribution in [2.24, 2.45) is 5.73 Å². The lowest BCUT2D eigenvalue weighted by atomic mass is 10.1. The maximum Gasteiger partial charge on any atom is 0.320 e. The van der Waals surface area contributed by atoms with Gasteiger partial charge in [0, 0.05) is 16.5 Å². The molecule has 104 valence electrons. The molecule has 5 nitrogen and oxygen atoms in total. The van der Waals surface area contributed by atoms with E-state index in [2.05, 4.69) is 27.9 Å². The van der Waals surface area contributed by atoms with E-state index in [1.807, 2.05) is 0 Å². The number of amides is 1. The van der Waals surface area contributed by atoms with Crippen molar-refractivity contribution in [1.29, 1.82) is 0 Å². The Morgan fingerprint density at radius 1 is 1.32 bits per heavy atom. The van der Waals surface area contributed by atoms with E-state index in [4.69, 9.17) is 10.8 Å². The van der Waals surface area contributed by atoms with Gasteiger partial charge >= 0.3 is 5.97 Å². The Hall–Kier alpha value is -1.15. The minimum Gasteiger partial charge on any atom is -0.480 e. The van der Waals surface area contributed by atoms with Gasteiger partial charge in [0.15, 0.2) is 0 Å². The zero-order valence-electron chi connectivity index (χ0n) is 10.4. The fourth-order valence-electron chi connectivity index (χ4n) is 1.52. The van der Waals surface area contributed by atoms with Gasteiger partial charge in [0.05, 0.1) is 0 Å². The van der Waals surface area contributed by atoms with E-state index < -0.39 is 12.0 Å². The molecule has 0 aliphatic carbocycles. The quantitative estimate of drug-likeness (QED) is 0.500. The van der Waals surface area contributed by atoms with Crippen molar-refractivity contribution in [1.82, 2.24) is 0 Å².